The number of aliphatic hydroxyl groups excluding tert-OH is 1. The third-order valence-electron chi connectivity index (χ3n) is 4.99. The fourth-order valence-corrected chi connectivity index (χ4v) is 3.24. The maximum atomic E-state index is 14.5. The van der Waals surface area contributed by atoms with Gasteiger partial charge in [0.1, 0.15) is 34.7 Å². The van der Waals surface area contributed by atoms with Crippen LogP contribution < -0.4 is 10.2 Å². The van der Waals surface area contributed by atoms with Gasteiger partial charge in [0.25, 0.3) is 0 Å². The molecule has 0 fully saturated rings. The normalized spacial score (nSPS) is 15.8. The van der Waals surface area contributed by atoms with Crippen molar-refractivity contribution in [3.8, 4) is 11.3 Å². The Bertz CT molecular complexity index is 1250. The zero-order valence-electron chi connectivity index (χ0n) is 17.1. The summed E-state index contributed by atoms with van der Waals surface area (Å²) >= 11 is 0. The Morgan fingerprint density at radius 1 is 1.15 bits per heavy atom. The van der Waals surface area contributed by atoms with Gasteiger partial charge >= 0.3 is 6.03 Å². The van der Waals surface area contributed by atoms with Crippen LogP contribution in [-0.2, 0) is 5.60 Å². The highest BCUT2D eigenvalue weighted by Gasteiger charge is 2.34. The zero-order chi connectivity index (χ0) is 23.9. The Hall–Kier alpha value is -3.70. The van der Waals surface area contributed by atoms with E-state index >= 15 is 0 Å². The molecule has 1 atom stereocenters. The Morgan fingerprint density at radius 2 is 1.85 bits per heavy atom. The summed E-state index contributed by atoms with van der Waals surface area (Å²) in [7, 11) is 0. The molecule has 2 amide bonds. The summed E-state index contributed by atoms with van der Waals surface area (Å²) < 4.78 is 62.1. The molecule has 3 N–H and O–H groups in total. The minimum Gasteiger partial charge on any atom is -0.437 e. The quantitative estimate of drug-likeness (QED) is 0.502. The Labute approximate surface area is 184 Å². The average molecular weight is 463 g/mol. The van der Waals surface area contributed by atoms with Crippen molar-refractivity contribution in [3.63, 3.8) is 0 Å². The van der Waals surface area contributed by atoms with Crippen molar-refractivity contribution in [1.82, 2.24) is 10.3 Å². The smallest absolute Gasteiger partial charge is 0.326 e. The lowest BCUT2D eigenvalue weighted by Gasteiger charge is -2.26. The maximum Gasteiger partial charge on any atom is 0.326 e. The van der Waals surface area contributed by atoms with Gasteiger partial charge < -0.3 is 19.9 Å². The fraction of sp³-hybridized carbons (Fsp3) is 0.182. The summed E-state index contributed by atoms with van der Waals surface area (Å²) in [5.74, 6) is -4.48. The molecule has 1 unspecified atom stereocenters. The SMILES string of the molecule is CC(O)(CO)c1nc(C2=CN(c3c(F)cccc3F)C(=O)NC2)c(-c2ccc(F)cc2F)o1. The van der Waals surface area contributed by atoms with E-state index in [4.69, 9.17) is 4.42 Å². The number of urea groups is 1. The molecule has 0 saturated carbocycles. The molecule has 172 valence electrons. The van der Waals surface area contributed by atoms with Gasteiger partial charge in [0.2, 0.25) is 5.89 Å². The van der Waals surface area contributed by atoms with Gasteiger partial charge in [0, 0.05) is 24.4 Å². The molecule has 7 nitrogen and oxygen atoms in total. The third kappa shape index (κ3) is 4.08. The van der Waals surface area contributed by atoms with Crippen molar-refractivity contribution in [1.29, 1.82) is 0 Å². The number of halogens is 4. The maximum absolute atomic E-state index is 14.5. The first-order valence-electron chi connectivity index (χ1n) is 9.64. The van der Waals surface area contributed by atoms with Crippen LogP contribution in [0.3, 0.4) is 0 Å². The van der Waals surface area contributed by atoms with Crippen LogP contribution in [0.4, 0.5) is 28.0 Å². The summed E-state index contributed by atoms with van der Waals surface area (Å²) in [6.45, 7) is 0.223. The highest BCUT2D eigenvalue weighted by atomic mass is 19.1. The number of para-hydroxylation sites is 1. The van der Waals surface area contributed by atoms with Gasteiger partial charge in [-0.2, -0.15) is 0 Å². The monoisotopic (exact) mass is 463 g/mol. The molecule has 0 spiro atoms. The second-order valence-corrected chi connectivity index (χ2v) is 7.51. The molecule has 0 bridgehead atoms. The summed E-state index contributed by atoms with van der Waals surface area (Å²) in [6, 6.07) is 4.93. The first-order chi connectivity index (χ1) is 15.6. The highest BCUT2D eigenvalue weighted by Crippen LogP contribution is 2.36. The first kappa shape index (κ1) is 22.5. The topological polar surface area (TPSA) is 98.8 Å². The van der Waals surface area contributed by atoms with Crippen molar-refractivity contribution in [2.24, 2.45) is 0 Å². The number of anilines is 1. The van der Waals surface area contributed by atoms with E-state index in [-0.39, 0.29) is 35.0 Å². The van der Waals surface area contributed by atoms with Crippen LogP contribution in [-0.4, -0.2) is 34.4 Å². The summed E-state index contributed by atoms with van der Waals surface area (Å²) in [5.41, 5.74) is -2.78. The molecule has 0 saturated heterocycles. The van der Waals surface area contributed by atoms with Crippen LogP contribution in [0.5, 0.6) is 0 Å². The van der Waals surface area contributed by atoms with E-state index in [9.17, 15) is 32.6 Å². The van der Waals surface area contributed by atoms with Gasteiger partial charge in [-0.25, -0.2) is 27.3 Å². The van der Waals surface area contributed by atoms with Crippen LogP contribution in [0.1, 0.15) is 18.5 Å². The molecule has 4 rings (SSSR count). The minimum atomic E-state index is -1.96. The number of rotatable bonds is 5. The van der Waals surface area contributed by atoms with Gasteiger partial charge in [-0.05, 0) is 31.2 Å². The van der Waals surface area contributed by atoms with Crippen LogP contribution >= 0.6 is 0 Å². The number of benzene rings is 2. The van der Waals surface area contributed by atoms with Crippen LogP contribution in [0.25, 0.3) is 16.9 Å². The molecule has 0 radical (unpaired) electrons. The predicted octanol–water partition coefficient (Wildman–Crippen LogP) is 3.67. The average Bonchev–Trinajstić information content (AvgIpc) is 3.21. The Kier molecular flexibility index (Phi) is 5.68. The van der Waals surface area contributed by atoms with E-state index in [1.54, 1.807) is 0 Å². The van der Waals surface area contributed by atoms with Crippen LogP contribution in [0.15, 0.2) is 47.0 Å². The molecule has 3 aromatic rings. The molecular weight excluding hydrogens is 446 g/mol. The minimum absolute atomic E-state index is 0.0917. The molecule has 33 heavy (non-hydrogen) atoms. The number of hydrogen-bond acceptors (Lipinski definition) is 5. The number of aliphatic hydroxyl groups is 2. The van der Waals surface area contributed by atoms with Crippen molar-refractivity contribution in [2.75, 3.05) is 18.1 Å². The molecular formula is C22H17F4N3O4. The van der Waals surface area contributed by atoms with E-state index in [0.717, 1.165) is 36.5 Å². The third-order valence-corrected chi connectivity index (χ3v) is 4.99. The number of nitrogens with one attached hydrogen (secondary N) is 1. The summed E-state index contributed by atoms with van der Waals surface area (Å²) in [6.07, 6.45) is 1.10. The fourth-order valence-electron chi connectivity index (χ4n) is 3.24. The van der Waals surface area contributed by atoms with E-state index in [0.29, 0.717) is 11.0 Å². The number of hydrogen-bond donors (Lipinski definition) is 3. The molecule has 11 heteroatoms. The lowest BCUT2D eigenvalue weighted by molar-refractivity contribution is -0.0234. The van der Waals surface area contributed by atoms with Crippen molar-refractivity contribution >= 4 is 17.3 Å². The molecule has 0 aliphatic carbocycles. The Balaban J connectivity index is 1.91. The number of oxazole rings is 1. The zero-order valence-corrected chi connectivity index (χ0v) is 17.1. The number of carbonyl (C=O) groups excluding carboxylic acids is 1. The molecule has 1 aromatic heterocycles. The molecule has 2 heterocycles. The highest BCUT2D eigenvalue weighted by molar-refractivity contribution is 5.99. The summed E-state index contributed by atoms with van der Waals surface area (Å²) in [4.78, 5) is 17.2. The number of nitrogens with zero attached hydrogens (tertiary/aromatic N) is 2. The van der Waals surface area contributed by atoms with Gasteiger partial charge in [-0.15, -0.1) is 0 Å². The lowest BCUT2D eigenvalue weighted by atomic mass is 10.0. The second kappa shape index (κ2) is 8.34. The van der Waals surface area contributed by atoms with E-state index < -0.39 is 47.2 Å². The van der Waals surface area contributed by atoms with E-state index in [1.807, 2.05) is 0 Å². The van der Waals surface area contributed by atoms with Crippen LogP contribution in [0, 0.1) is 23.3 Å². The molecule has 1 aliphatic heterocycles. The molecule has 1 aliphatic rings. The Morgan fingerprint density at radius 3 is 2.48 bits per heavy atom. The van der Waals surface area contributed by atoms with Gasteiger partial charge in [-0.3, -0.25) is 4.90 Å². The lowest BCUT2D eigenvalue weighted by Crippen LogP contribution is -2.42. The van der Waals surface area contributed by atoms with E-state index in [2.05, 4.69) is 10.3 Å². The van der Waals surface area contributed by atoms with Gasteiger partial charge in [-0.1, -0.05) is 6.07 Å². The van der Waals surface area contributed by atoms with Crippen LogP contribution in [0.2, 0.25) is 0 Å². The predicted molar refractivity (Wildman–Crippen MR) is 109 cm³/mol. The van der Waals surface area contributed by atoms with Crippen molar-refractivity contribution in [3.05, 3.63) is 77.5 Å². The number of aromatic nitrogens is 1. The second-order valence-electron chi connectivity index (χ2n) is 7.51. The largest absolute Gasteiger partial charge is 0.437 e. The number of amides is 2. The van der Waals surface area contributed by atoms with Gasteiger partial charge in [0.05, 0.1) is 12.2 Å². The van der Waals surface area contributed by atoms with Gasteiger partial charge in [0.15, 0.2) is 11.4 Å². The van der Waals surface area contributed by atoms with E-state index in [1.165, 1.54) is 6.92 Å². The standard InChI is InChI=1S/C22H17F4N3O4/c1-22(32,10-30)20-28-17(19(33-20)13-6-5-12(23)7-16(13)26)11-8-27-21(31)29(9-11)18-14(24)3-2-4-15(18)25/h2-7,9,30,32H,8,10H2,1H3,(H,27,31). The first-order valence-corrected chi connectivity index (χ1v) is 9.64. The summed E-state index contributed by atoms with van der Waals surface area (Å²) in [5, 5.41) is 22.3. The molecule has 2 aromatic carbocycles. The number of carbonyl (C=O) groups is 1. The van der Waals surface area contributed by atoms with Crippen molar-refractivity contribution in [2.45, 2.75) is 12.5 Å². The van der Waals surface area contributed by atoms with Crippen molar-refractivity contribution < 1.29 is 37.0 Å².